The van der Waals surface area contributed by atoms with Gasteiger partial charge < -0.3 is 20.2 Å². The average Bonchev–Trinajstić information content (AvgIpc) is 2.69. The zero-order valence-corrected chi connectivity index (χ0v) is 16.2. The Kier molecular flexibility index (Phi) is 6.35. The van der Waals surface area contributed by atoms with Crippen LogP contribution in [0.25, 0.3) is 0 Å². The summed E-state index contributed by atoms with van der Waals surface area (Å²) in [4.78, 5) is 16.1. The van der Waals surface area contributed by atoms with Crippen LogP contribution in [0.4, 0.5) is 5.69 Å². The molecule has 1 fully saturated rings. The number of nitrogens with one attached hydrogen (secondary N) is 2. The predicted octanol–water partition coefficient (Wildman–Crippen LogP) is 1.54. The molecule has 1 heterocycles. The topological polar surface area (TPSA) is 57.0 Å². The third-order valence-electron chi connectivity index (χ3n) is 5.36. The van der Waals surface area contributed by atoms with Crippen LogP contribution >= 0.6 is 0 Å². The minimum Gasteiger partial charge on any atom is -0.508 e. The van der Waals surface area contributed by atoms with Crippen LogP contribution in [0.3, 0.4) is 0 Å². The highest BCUT2D eigenvalue weighted by molar-refractivity contribution is 5.77. The number of anilines is 1. The second kappa shape index (κ2) is 8.91. The molecular weight excluding hydrogens is 338 g/mol. The lowest BCUT2D eigenvalue weighted by Crippen LogP contribution is -3.15. The summed E-state index contributed by atoms with van der Waals surface area (Å²) in [6.07, 6.45) is 1.03. The van der Waals surface area contributed by atoms with E-state index in [0.29, 0.717) is 6.54 Å². The number of amides is 1. The van der Waals surface area contributed by atoms with Crippen molar-refractivity contribution < 1.29 is 14.8 Å². The Labute approximate surface area is 161 Å². The molecule has 27 heavy (non-hydrogen) atoms. The summed E-state index contributed by atoms with van der Waals surface area (Å²) in [6.45, 7) is 8.41. The van der Waals surface area contributed by atoms with Crippen LogP contribution in [0.15, 0.2) is 48.5 Å². The Morgan fingerprint density at radius 1 is 1.11 bits per heavy atom. The second-order valence-electron chi connectivity index (χ2n) is 7.31. The van der Waals surface area contributed by atoms with Gasteiger partial charge in [0.25, 0.3) is 5.91 Å². The molecule has 5 nitrogen and oxygen atoms in total. The first-order valence-electron chi connectivity index (χ1n) is 9.81. The first-order chi connectivity index (χ1) is 13.0. The van der Waals surface area contributed by atoms with E-state index in [1.165, 1.54) is 10.5 Å². The van der Waals surface area contributed by atoms with Crippen LogP contribution in [0.2, 0.25) is 0 Å². The molecule has 0 saturated carbocycles. The number of nitrogens with zero attached hydrogens (tertiary/aromatic N) is 1. The maximum atomic E-state index is 12.4. The van der Waals surface area contributed by atoms with Crippen molar-refractivity contribution in [2.24, 2.45) is 0 Å². The Morgan fingerprint density at radius 3 is 2.33 bits per heavy atom. The van der Waals surface area contributed by atoms with Crippen LogP contribution in [0, 0.1) is 0 Å². The summed E-state index contributed by atoms with van der Waals surface area (Å²) in [5.41, 5.74) is 3.58. The van der Waals surface area contributed by atoms with Gasteiger partial charge in [-0.1, -0.05) is 31.2 Å². The van der Waals surface area contributed by atoms with Gasteiger partial charge >= 0.3 is 0 Å². The summed E-state index contributed by atoms with van der Waals surface area (Å²) in [5.74, 6) is 0.397. The minimum atomic E-state index is 0.0288. The average molecular weight is 369 g/mol. The molecule has 2 aromatic rings. The van der Waals surface area contributed by atoms with Crippen molar-refractivity contribution in [2.45, 2.75) is 26.3 Å². The number of aromatic hydroxyl groups is 1. The summed E-state index contributed by atoms with van der Waals surface area (Å²) in [6, 6.07) is 15.8. The summed E-state index contributed by atoms with van der Waals surface area (Å²) < 4.78 is 0. The zero-order valence-electron chi connectivity index (χ0n) is 16.2. The van der Waals surface area contributed by atoms with Crippen molar-refractivity contribution in [2.75, 3.05) is 37.6 Å². The minimum absolute atomic E-state index is 0.0288. The molecule has 5 heteroatoms. The number of hydrogen-bond acceptors (Lipinski definition) is 3. The van der Waals surface area contributed by atoms with Gasteiger partial charge in [-0.25, -0.2) is 0 Å². The number of phenolic OH excluding ortho intramolecular Hbond substituents is 1. The fraction of sp³-hybridized carbons (Fsp3) is 0.409. The van der Waals surface area contributed by atoms with E-state index in [0.717, 1.165) is 43.9 Å². The zero-order chi connectivity index (χ0) is 19.2. The van der Waals surface area contributed by atoms with Gasteiger partial charge in [-0.2, -0.15) is 0 Å². The molecule has 0 unspecified atom stereocenters. The van der Waals surface area contributed by atoms with Crippen molar-refractivity contribution in [3.8, 4) is 5.75 Å². The van der Waals surface area contributed by atoms with Gasteiger partial charge in [0.15, 0.2) is 6.54 Å². The molecule has 0 bridgehead atoms. The Morgan fingerprint density at radius 2 is 1.74 bits per heavy atom. The second-order valence-corrected chi connectivity index (χ2v) is 7.31. The van der Waals surface area contributed by atoms with Gasteiger partial charge in [0.05, 0.1) is 32.2 Å². The van der Waals surface area contributed by atoms with Crippen LogP contribution < -0.4 is 15.1 Å². The molecule has 1 aliphatic heterocycles. The highest BCUT2D eigenvalue weighted by atomic mass is 16.3. The predicted molar refractivity (Wildman–Crippen MR) is 108 cm³/mol. The molecule has 1 aliphatic rings. The van der Waals surface area contributed by atoms with Gasteiger partial charge in [-0.05, 0) is 48.7 Å². The normalized spacial score (nSPS) is 16.1. The van der Waals surface area contributed by atoms with Crippen molar-refractivity contribution in [1.29, 1.82) is 0 Å². The molecule has 0 aliphatic carbocycles. The highest BCUT2D eigenvalue weighted by Gasteiger charge is 2.23. The molecule has 2 aromatic carbocycles. The third kappa shape index (κ3) is 5.23. The van der Waals surface area contributed by atoms with E-state index in [9.17, 15) is 9.90 Å². The number of piperazine rings is 1. The number of carbonyl (C=O) groups is 1. The fourth-order valence-corrected chi connectivity index (χ4v) is 3.57. The molecular formula is C22H30N3O2+. The van der Waals surface area contributed by atoms with Crippen LogP contribution in [-0.4, -0.2) is 43.7 Å². The number of rotatable bonds is 6. The molecule has 0 spiro atoms. The van der Waals surface area contributed by atoms with Crippen LogP contribution in [0.5, 0.6) is 5.75 Å². The van der Waals surface area contributed by atoms with Crippen molar-refractivity contribution in [3.63, 3.8) is 0 Å². The van der Waals surface area contributed by atoms with Gasteiger partial charge in [-0.3, -0.25) is 4.79 Å². The number of benzene rings is 2. The molecule has 1 saturated heterocycles. The Hall–Kier alpha value is -2.53. The molecule has 1 amide bonds. The standard InChI is InChI=1S/C22H29N3O2/c1-3-18-4-6-19(7-5-18)17(2)23-22(27)16-24-12-14-25(15-13-24)20-8-10-21(26)11-9-20/h4-11,17,26H,3,12-16H2,1-2H3,(H,23,27)/p+1/t17-/m0/s1. The summed E-state index contributed by atoms with van der Waals surface area (Å²) in [5, 5.41) is 12.5. The molecule has 0 aromatic heterocycles. The van der Waals surface area contributed by atoms with E-state index in [-0.39, 0.29) is 17.7 Å². The molecule has 3 rings (SSSR count). The number of carbonyl (C=O) groups excluding carboxylic acids is 1. The first-order valence-corrected chi connectivity index (χ1v) is 9.81. The van der Waals surface area contributed by atoms with Crippen molar-refractivity contribution in [1.82, 2.24) is 5.32 Å². The van der Waals surface area contributed by atoms with Gasteiger partial charge in [0, 0.05) is 5.69 Å². The van der Waals surface area contributed by atoms with E-state index >= 15 is 0 Å². The fourth-order valence-electron chi connectivity index (χ4n) is 3.57. The molecule has 144 valence electrons. The molecule has 3 N–H and O–H groups in total. The monoisotopic (exact) mass is 368 g/mol. The maximum absolute atomic E-state index is 12.4. The van der Waals surface area contributed by atoms with Crippen LogP contribution in [0.1, 0.15) is 31.0 Å². The van der Waals surface area contributed by atoms with Gasteiger partial charge in [-0.15, -0.1) is 0 Å². The Bertz CT molecular complexity index is 735. The largest absolute Gasteiger partial charge is 0.508 e. The summed E-state index contributed by atoms with van der Waals surface area (Å²) in [7, 11) is 0. The number of aryl methyl sites for hydroxylation is 1. The van der Waals surface area contributed by atoms with E-state index < -0.39 is 0 Å². The van der Waals surface area contributed by atoms with E-state index in [4.69, 9.17) is 0 Å². The first kappa shape index (κ1) is 19.2. The van der Waals surface area contributed by atoms with E-state index in [2.05, 4.69) is 41.4 Å². The quantitative estimate of drug-likeness (QED) is 0.725. The number of phenols is 1. The number of quaternary nitrogens is 1. The number of hydrogen-bond donors (Lipinski definition) is 3. The SMILES string of the molecule is CCc1ccc([C@H](C)NC(=O)C[NH+]2CCN(c3ccc(O)cc3)CC2)cc1. The van der Waals surface area contributed by atoms with E-state index in [1.807, 2.05) is 19.1 Å². The van der Waals surface area contributed by atoms with Crippen molar-refractivity contribution >= 4 is 11.6 Å². The molecule has 0 radical (unpaired) electrons. The van der Waals surface area contributed by atoms with E-state index in [1.54, 1.807) is 12.1 Å². The van der Waals surface area contributed by atoms with Crippen LogP contribution in [-0.2, 0) is 11.2 Å². The lowest BCUT2D eigenvalue weighted by Gasteiger charge is -2.33. The summed E-state index contributed by atoms with van der Waals surface area (Å²) >= 11 is 0. The van der Waals surface area contributed by atoms with Crippen molar-refractivity contribution in [3.05, 3.63) is 59.7 Å². The lowest BCUT2D eigenvalue weighted by atomic mass is 10.1. The smallest absolute Gasteiger partial charge is 0.275 e. The van der Waals surface area contributed by atoms with Gasteiger partial charge in [0.2, 0.25) is 0 Å². The maximum Gasteiger partial charge on any atom is 0.275 e. The third-order valence-corrected chi connectivity index (χ3v) is 5.36. The van der Waals surface area contributed by atoms with Gasteiger partial charge in [0.1, 0.15) is 5.75 Å². The highest BCUT2D eigenvalue weighted by Crippen LogP contribution is 2.18. The Balaban J connectivity index is 1.45. The molecule has 1 atom stereocenters. The lowest BCUT2D eigenvalue weighted by molar-refractivity contribution is -0.892.